The largest absolute Gasteiger partial charge is 0.491 e. The molecule has 0 spiro atoms. The summed E-state index contributed by atoms with van der Waals surface area (Å²) in [5, 5.41) is 0. The Bertz CT molecular complexity index is 785. The van der Waals surface area contributed by atoms with E-state index >= 15 is 0 Å². The number of benzene rings is 2. The number of ether oxygens (including phenoxy) is 2. The second-order valence-corrected chi connectivity index (χ2v) is 5.98. The molecule has 2 aromatic carbocycles. The van der Waals surface area contributed by atoms with Crippen LogP contribution in [0.4, 0.5) is 11.4 Å². The van der Waals surface area contributed by atoms with Crippen LogP contribution >= 0.6 is 0 Å². The summed E-state index contributed by atoms with van der Waals surface area (Å²) in [5.74, 6) is 0.838. The number of anilines is 2. The molecular weight excluding hydrogens is 316 g/mol. The quantitative estimate of drug-likeness (QED) is 0.634. The van der Waals surface area contributed by atoms with Gasteiger partial charge in [-0.25, -0.2) is 0 Å². The zero-order valence-corrected chi connectivity index (χ0v) is 14.7. The Labute approximate surface area is 148 Å². The van der Waals surface area contributed by atoms with Gasteiger partial charge in [0.1, 0.15) is 12.4 Å². The highest BCUT2D eigenvalue weighted by atomic mass is 16.5. The van der Waals surface area contributed by atoms with Gasteiger partial charge < -0.3 is 14.4 Å². The van der Waals surface area contributed by atoms with Gasteiger partial charge >= 0.3 is 0 Å². The van der Waals surface area contributed by atoms with E-state index in [0.29, 0.717) is 24.7 Å². The first-order chi connectivity index (χ1) is 12.1. The molecule has 3 rings (SSSR count). The highest BCUT2D eigenvalue weighted by Gasteiger charge is 2.27. The molecule has 1 aliphatic rings. The first-order valence-corrected chi connectivity index (χ1v) is 8.17. The van der Waals surface area contributed by atoms with Crippen molar-refractivity contribution in [3.05, 3.63) is 59.9 Å². The standard InChI is InChI=1S/C20H22N2O3/c1-21(2)16-9-10-17-18(14-16)25-12-11-22(17)20(23)19(24-3)13-15-7-5-4-6-8-15/h4-10,13-14H,11-12H2,1-3H3/b19-13-. The van der Waals surface area contributed by atoms with Crippen LogP contribution in [0.1, 0.15) is 5.56 Å². The molecule has 2 aromatic rings. The summed E-state index contributed by atoms with van der Waals surface area (Å²) in [6.07, 6.45) is 1.76. The minimum absolute atomic E-state index is 0.173. The molecule has 0 aliphatic carbocycles. The summed E-state index contributed by atoms with van der Waals surface area (Å²) >= 11 is 0. The highest BCUT2D eigenvalue weighted by Crippen LogP contribution is 2.35. The number of carbonyl (C=O) groups is 1. The molecule has 0 radical (unpaired) electrons. The van der Waals surface area contributed by atoms with Gasteiger partial charge in [0.25, 0.3) is 5.91 Å². The molecule has 130 valence electrons. The average molecular weight is 338 g/mol. The van der Waals surface area contributed by atoms with Crippen LogP contribution in [0.15, 0.2) is 54.3 Å². The molecule has 25 heavy (non-hydrogen) atoms. The van der Waals surface area contributed by atoms with E-state index in [9.17, 15) is 4.79 Å². The fourth-order valence-electron chi connectivity index (χ4n) is 2.74. The zero-order chi connectivity index (χ0) is 17.8. The Balaban J connectivity index is 1.92. The molecule has 1 amide bonds. The van der Waals surface area contributed by atoms with Gasteiger partial charge in [-0.3, -0.25) is 9.69 Å². The first kappa shape index (κ1) is 16.9. The van der Waals surface area contributed by atoms with Crippen molar-refractivity contribution in [1.29, 1.82) is 0 Å². The van der Waals surface area contributed by atoms with Gasteiger partial charge in [-0.05, 0) is 23.8 Å². The van der Waals surface area contributed by atoms with Gasteiger partial charge in [0, 0.05) is 25.8 Å². The molecular formula is C20H22N2O3. The Morgan fingerprint density at radius 1 is 1.20 bits per heavy atom. The predicted molar refractivity (Wildman–Crippen MR) is 100 cm³/mol. The molecule has 1 aliphatic heterocycles. The van der Waals surface area contributed by atoms with Crippen LogP contribution < -0.4 is 14.5 Å². The molecule has 0 atom stereocenters. The van der Waals surface area contributed by atoms with Crippen LogP contribution in [0.2, 0.25) is 0 Å². The van der Waals surface area contributed by atoms with Gasteiger partial charge in [-0.15, -0.1) is 0 Å². The molecule has 0 aromatic heterocycles. The minimum Gasteiger partial charge on any atom is -0.491 e. The van der Waals surface area contributed by atoms with Crippen LogP contribution in [0.3, 0.4) is 0 Å². The topological polar surface area (TPSA) is 42.0 Å². The Morgan fingerprint density at radius 3 is 2.64 bits per heavy atom. The van der Waals surface area contributed by atoms with Crippen molar-refractivity contribution in [3.8, 4) is 5.75 Å². The highest BCUT2D eigenvalue weighted by molar-refractivity contribution is 6.08. The third-order valence-corrected chi connectivity index (χ3v) is 4.10. The van der Waals surface area contributed by atoms with Gasteiger partial charge in [-0.2, -0.15) is 0 Å². The third-order valence-electron chi connectivity index (χ3n) is 4.10. The van der Waals surface area contributed by atoms with E-state index in [4.69, 9.17) is 9.47 Å². The maximum absolute atomic E-state index is 13.0. The van der Waals surface area contributed by atoms with Crippen LogP contribution in [0.5, 0.6) is 5.75 Å². The molecule has 0 saturated heterocycles. The summed E-state index contributed by atoms with van der Waals surface area (Å²) in [7, 11) is 5.46. The van der Waals surface area contributed by atoms with Crippen molar-refractivity contribution < 1.29 is 14.3 Å². The number of hydrogen-bond donors (Lipinski definition) is 0. The number of hydrogen-bond acceptors (Lipinski definition) is 4. The molecule has 5 heteroatoms. The van der Waals surface area contributed by atoms with Gasteiger partial charge in [0.05, 0.1) is 19.3 Å². The maximum Gasteiger partial charge on any atom is 0.293 e. The number of rotatable bonds is 4. The average Bonchev–Trinajstić information content (AvgIpc) is 2.65. The number of carbonyl (C=O) groups excluding carboxylic acids is 1. The third kappa shape index (κ3) is 3.60. The van der Waals surface area contributed by atoms with Gasteiger partial charge in [-0.1, -0.05) is 30.3 Å². The number of nitrogens with zero attached hydrogens (tertiary/aromatic N) is 2. The maximum atomic E-state index is 13.0. The molecule has 0 bridgehead atoms. The predicted octanol–water partition coefficient (Wildman–Crippen LogP) is 3.17. The number of amides is 1. The summed E-state index contributed by atoms with van der Waals surface area (Å²) in [5.41, 5.74) is 2.71. The Hall–Kier alpha value is -2.95. The summed E-state index contributed by atoms with van der Waals surface area (Å²) in [4.78, 5) is 16.7. The minimum atomic E-state index is -0.173. The van der Waals surface area contributed by atoms with Gasteiger partial charge in [0.15, 0.2) is 5.76 Å². The molecule has 5 nitrogen and oxygen atoms in total. The number of fused-ring (bicyclic) bond motifs is 1. The lowest BCUT2D eigenvalue weighted by molar-refractivity contribution is -0.118. The smallest absolute Gasteiger partial charge is 0.293 e. The van der Waals surface area contributed by atoms with Crippen molar-refractivity contribution in [2.24, 2.45) is 0 Å². The molecule has 0 fully saturated rings. The molecule has 0 saturated carbocycles. The Morgan fingerprint density at radius 2 is 1.96 bits per heavy atom. The molecule has 0 N–H and O–H groups in total. The second-order valence-electron chi connectivity index (χ2n) is 5.98. The van der Waals surface area contributed by atoms with Crippen molar-refractivity contribution in [2.45, 2.75) is 0 Å². The van der Waals surface area contributed by atoms with Crippen LogP contribution in [0.25, 0.3) is 6.08 Å². The van der Waals surface area contributed by atoms with Crippen LogP contribution in [0, 0.1) is 0 Å². The van der Waals surface area contributed by atoms with Crippen molar-refractivity contribution in [1.82, 2.24) is 0 Å². The fourth-order valence-corrected chi connectivity index (χ4v) is 2.74. The lowest BCUT2D eigenvalue weighted by Crippen LogP contribution is -2.39. The summed E-state index contributed by atoms with van der Waals surface area (Å²) in [6, 6.07) is 15.5. The van der Waals surface area contributed by atoms with E-state index in [1.807, 2.05) is 67.5 Å². The Kier molecular flexibility index (Phi) is 4.93. The normalized spacial score (nSPS) is 13.7. The zero-order valence-electron chi connectivity index (χ0n) is 14.7. The molecule has 0 unspecified atom stereocenters. The van der Waals surface area contributed by atoms with Crippen molar-refractivity contribution in [2.75, 3.05) is 44.2 Å². The van der Waals surface area contributed by atoms with E-state index in [1.165, 1.54) is 7.11 Å². The van der Waals surface area contributed by atoms with E-state index in [2.05, 4.69) is 0 Å². The lowest BCUT2D eigenvalue weighted by Gasteiger charge is -2.30. The lowest BCUT2D eigenvalue weighted by atomic mass is 10.1. The molecule has 1 heterocycles. The second kappa shape index (κ2) is 7.30. The van der Waals surface area contributed by atoms with Crippen LogP contribution in [-0.4, -0.2) is 40.3 Å². The van der Waals surface area contributed by atoms with E-state index in [0.717, 1.165) is 16.9 Å². The SMILES string of the molecule is CO/C(=C\c1ccccc1)C(=O)N1CCOc2cc(N(C)C)ccc21. The summed E-state index contributed by atoms with van der Waals surface area (Å²) < 4.78 is 11.1. The summed E-state index contributed by atoms with van der Waals surface area (Å²) in [6.45, 7) is 0.945. The van der Waals surface area contributed by atoms with Crippen molar-refractivity contribution in [3.63, 3.8) is 0 Å². The van der Waals surface area contributed by atoms with Crippen molar-refractivity contribution >= 4 is 23.4 Å². The van der Waals surface area contributed by atoms with E-state index in [1.54, 1.807) is 11.0 Å². The van der Waals surface area contributed by atoms with E-state index < -0.39 is 0 Å². The van der Waals surface area contributed by atoms with Crippen LogP contribution in [-0.2, 0) is 9.53 Å². The fraction of sp³-hybridized carbons (Fsp3) is 0.250. The first-order valence-electron chi connectivity index (χ1n) is 8.17. The monoisotopic (exact) mass is 338 g/mol. The van der Waals surface area contributed by atoms with Gasteiger partial charge in [0.2, 0.25) is 0 Å². The number of methoxy groups -OCH3 is 1. The van der Waals surface area contributed by atoms with E-state index in [-0.39, 0.29) is 5.91 Å².